The molecule has 0 aliphatic heterocycles. The normalized spacial score (nSPS) is 10.7. The third-order valence-electron chi connectivity index (χ3n) is 4.43. The Labute approximate surface area is 195 Å². The summed E-state index contributed by atoms with van der Waals surface area (Å²) in [5.74, 6) is 0.397. The van der Waals surface area contributed by atoms with Gasteiger partial charge in [-0.3, -0.25) is 4.79 Å². The maximum atomic E-state index is 12.2. The highest BCUT2D eigenvalue weighted by Crippen LogP contribution is 2.16. The van der Waals surface area contributed by atoms with Crippen molar-refractivity contribution >= 4 is 34.0 Å². The van der Waals surface area contributed by atoms with Crippen LogP contribution >= 0.6 is 15.9 Å². The summed E-state index contributed by atoms with van der Waals surface area (Å²) < 4.78 is 11.8. The van der Waals surface area contributed by atoms with Crippen LogP contribution in [0.25, 0.3) is 0 Å². The maximum absolute atomic E-state index is 12.2. The van der Waals surface area contributed by atoms with Crippen molar-refractivity contribution in [1.82, 2.24) is 5.43 Å². The lowest BCUT2D eigenvalue weighted by Gasteiger charge is -2.06. The molecule has 0 aliphatic carbocycles. The lowest BCUT2D eigenvalue weighted by atomic mass is 10.2. The first-order valence-electron chi connectivity index (χ1n) is 10.2. The van der Waals surface area contributed by atoms with Gasteiger partial charge in [0.15, 0.2) is 0 Å². The Balaban J connectivity index is 1.49. The average Bonchev–Trinajstić information content (AvgIpc) is 2.81. The van der Waals surface area contributed by atoms with Crippen LogP contribution in [0, 0.1) is 0 Å². The van der Waals surface area contributed by atoms with Crippen LogP contribution in [0.2, 0.25) is 0 Å². The Kier molecular flexibility index (Phi) is 8.57. The molecule has 0 saturated carbocycles. The number of unbranched alkanes of at least 4 members (excludes halogenated alkanes) is 1. The van der Waals surface area contributed by atoms with Gasteiger partial charge in [0.05, 0.1) is 18.4 Å². The van der Waals surface area contributed by atoms with Crippen LogP contribution in [0.15, 0.2) is 82.4 Å². The van der Waals surface area contributed by atoms with E-state index in [9.17, 15) is 9.59 Å². The average molecular weight is 495 g/mol. The number of halogens is 1. The van der Waals surface area contributed by atoms with E-state index in [1.165, 1.54) is 6.21 Å². The SMILES string of the molecule is CCCCOc1ccc(C(=O)N/N=C/c2ccc(OC(=O)c3ccc(Br)cc3)cc2)cc1. The summed E-state index contributed by atoms with van der Waals surface area (Å²) in [6, 6.07) is 20.7. The van der Waals surface area contributed by atoms with Crippen LogP contribution in [0.1, 0.15) is 46.0 Å². The monoisotopic (exact) mass is 494 g/mol. The van der Waals surface area contributed by atoms with Gasteiger partial charge in [0.2, 0.25) is 0 Å². The molecule has 3 aromatic carbocycles. The van der Waals surface area contributed by atoms with E-state index in [4.69, 9.17) is 9.47 Å². The first-order chi connectivity index (χ1) is 15.5. The fourth-order valence-electron chi connectivity index (χ4n) is 2.64. The predicted molar refractivity (Wildman–Crippen MR) is 127 cm³/mol. The van der Waals surface area contributed by atoms with Crippen LogP contribution in [0.3, 0.4) is 0 Å². The van der Waals surface area contributed by atoms with Gasteiger partial charge in [-0.2, -0.15) is 5.10 Å². The molecule has 0 atom stereocenters. The number of hydrogen-bond donors (Lipinski definition) is 1. The van der Waals surface area contributed by atoms with Crippen molar-refractivity contribution in [2.24, 2.45) is 5.10 Å². The van der Waals surface area contributed by atoms with Gasteiger partial charge < -0.3 is 9.47 Å². The molecule has 0 aliphatic rings. The zero-order valence-electron chi connectivity index (χ0n) is 17.6. The van der Waals surface area contributed by atoms with Crippen molar-refractivity contribution in [3.8, 4) is 11.5 Å². The Morgan fingerprint density at radius 2 is 1.53 bits per heavy atom. The van der Waals surface area contributed by atoms with Crippen molar-refractivity contribution in [3.63, 3.8) is 0 Å². The molecule has 164 valence electrons. The second-order valence-corrected chi connectivity index (χ2v) is 7.81. The number of carbonyl (C=O) groups is 2. The highest BCUT2D eigenvalue weighted by molar-refractivity contribution is 9.10. The molecule has 1 amide bonds. The molecule has 32 heavy (non-hydrogen) atoms. The molecule has 0 heterocycles. The Morgan fingerprint density at radius 3 is 2.19 bits per heavy atom. The van der Waals surface area contributed by atoms with E-state index in [1.807, 2.05) is 0 Å². The number of nitrogens with one attached hydrogen (secondary N) is 1. The smallest absolute Gasteiger partial charge is 0.343 e. The molecule has 7 heteroatoms. The van der Waals surface area contributed by atoms with Crippen LogP contribution in [-0.2, 0) is 0 Å². The van der Waals surface area contributed by atoms with Gasteiger partial charge >= 0.3 is 5.97 Å². The van der Waals surface area contributed by atoms with Gasteiger partial charge in [-0.1, -0.05) is 29.3 Å². The fraction of sp³-hybridized carbons (Fsp3) is 0.160. The third-order valence-corrected chi connectivity index (χ3v) is 4.96. The second kappa shape index (κ2) is 11.8. The van der Waals surface area contributed by atoms with Gasteiger partial charge in [-0.15, -0.1) is 0 Å². The van der Waals surface area contributed by atoms with Gasteiger partial charge in [0.25, 0.3) is 5.91 Å². The number of hydrazone groups is 1. The first-order valence-corrected chi connectivity index (χ1v) is 11.0. The highest BCUT2D eigenvalue weighted by Gasteiger charge is 2.08. The van der Waals surface area contributed by atoms with Crippen molar-refractivity contribution in [2.75, 3.05) is 6.61 Å². The molecule has 3 aromatic rings. The van der Waals surface area contributed by atoms with E-state index >= 15 is 0 Å². The summed E-state index contributed by atoms with van der Waals surface area (Å²) in [5, 5.41) is 3.98. The topological polar surface area (TPSA) is 77.0 Å². The van der Waals surface area contributed by atoms with Gasteiger partial charge in [-0.05, 0) is 84.8 Å². The number of esters is 1. The van der Waals surface area contributed by atoms with E-state index in [0.29, 0.717) is 23.5 Å². The molecule has 1 N–H and O–H groups in total. The molecule has 6 nitrogen and oxygen atoms in total. The summed E-state index contributed by atoms with van der Waals surface area (Å²) in [5.41, 5.74) is 4.18. The van der Waals surface area contributed by atoms with Crippen molar-refractivity contribution in [1.29, 1.82) is 0 Å². The van der Waals surface area contributed by atoms with Gasteiger partial charge in [-0.25, -0.2) is 10.2 Å². The highest BCUT2D eigenvalue weighted by atomic mass is 79.9. The fourth-order valence-corrected chi connectivity index (χ4v) is 2.91. The van der Waals surface area contributed by atoms with Crippen LogP contribution < -0.4 is 14.9 Å². The number of ether oxygens (including phenoxy) is 2. The molecule has 0 saturated heterocycles. The molecule has 0 unspecified atom stereocenters. The van der Waals surface area contributed by atoms with Gasteiger partial charge in [0.1, 0.15) is 11.5 Å². The van der Waals surface area contributed by atoms with Crippen LogP contribution in [0.4, 0.5) is 0 Å². The lowest BCUT2D eigenvalue weighted by molar-refractivity contribution is 0.0734. The number of hydrogen-bond acceptors (Lipinski definition) is 5. The number of benzene rings is 3. The van der Waals surface area contributed by atoms with E-state index in [2.05, 4.69) is 33.4 Å². The zero-order chi connectivity index (χ0) is 22.8. The third kappa shape index (κ3) is 7.06. The van der Waals surface area contributed by atoms with Crippen molar-refractivity contribution in [3.05, 3.63) is 94.0 Å². The minimum atomic E-state index is -0.437. The van der Waals surface area contributed by atoms with E-state index < -0.39 is 5.97 Å². The second-order valence-electron chi connectivity index (χ2n) is 6.89. The number of rotatable bonds is 9. The Hall–Kier alpha value is -3.45. The largest absolute Gasteiger partial charge is 0.494 e. The molecular formula is C25H23BrN2O4. The van der Waals surface area contributed by atoms with Crippen LogP contribution in [-0.4, -0.2) is 24.7 Å². The van der Waals surface area contributed by atoms with Gasteiger partial charge in [0, 0.05) is 10.0 Å². The predicted octanol–water partition coefficient (Wildman–Crippen LogP) is 5.61. The molecule has 0 aromatic heterocycles. The minimum Gasteiger partial charge on any atom is -0.494 e. The lowest BCUT2D eigenvalue weighted by Crippen LogP contribution is -2.17. The Bertz CT molecular complexity index is 1060. The summed E-state index contributed by atoms with van der Waals surface area (Å²) >= 11 is 3.33. The van der Waals surface area contributed by atoms with Crippen molar-refractivity contribution in [2.45, 2.75) is 19.8 Å². The maximum Gasteiger partial charge on any atom is 0.343 e. The van der Waals surface area contributed by atoms with Crippen molar-refractivity contribution < 1.29 is 19.1 Å². The molecule has 0 spiro atoms. The summed E-state index contributed by atoms with van der Waals surface area (Å²) in [6.07, 6.45) is 3.57. The first kappa shape index (κ1) is 23.2. The quantitative estimate of drug-likeness (QED) is 0.138. The number of nitrogens with zero attached hydrogens (tertiary/aromatic N) is 1. The summed E-state index contributed by atoms with van der Waals surface area (Å²) in [6.45, 7) is 2.76. The summed E-state index contributed by atoms with van der Waals surface area (Å²) in [4.78, 5) is 24.4. The number of amides is 1. The molecule has 0 bridgehead atoms. The van der Waals surface area contributed by atoms with E-state index in [-0.39, 0.29) is 5.91 Å². The minimum absolute atomic E-state index is 0.318. The Morgan fingerprint density at radius 1 is 0.906 bits per heavy atom. The number of carbonyl (C=O) groups excluding carboxylic acids is 2. The summed E-state index contributed by atoms with van der Waals surface area (Å²) in [7, 11) is 0. The van der Waals surface area contributed by atoms with E-state index in [1.54, 1.807) is 72.8 Å². The molecule has 3 rings (SSSR count). The van der Waals surface area contributed by atoms with Crippen LogP contribution in [0.5, 0.6) is 11.5 Å². The molecule has 0 fully saturated rings. The zero-order valence-corrected chi connectivity index (χ0v) is 19.2. The standard InChI is InChI=1S/C25H23BrN2O4/c1-2-3-16-31-22-14-8-19(9-15-22)24(29)28-27-17-18-4-12-23(13-5-18)32-25(30)20-6-10-21(26)11-7-20/h4-15,17H,2-3,16H2,1H3,(H,28,29)/b27-17+. The molecular weight excluding hydrogens is 472 g/mol. The molecule has 0 radical (unpaired) electrons. The van der Waals surface area contributed by atoms with E-state index in [0.717, 1.165) is 28.6 Å².